The lowest BCUT2D eigenvalue weighted by atomic mass is 10.2. The fourth-order valence-corrected chi connectivity index (χ4v) is 2.10. The summed E-state index contributed by atoms with van der Waals surface area (Å²) in [5, 5.41) is 9.14. The Labute approximate surface area is 100 Å². The van der Waals surface area contributed by atoms with Crippen molar-refractivity contribution in [2.24, 2.45) is 0 Å². The first-order chi connectivity index (χ1) is 8.09. The third kappa shape index (κ3) is 2.38. The highest BCUT2D eigenvalue weighted by Gasteiger charge is 2.31. The van der Waals surface area contributed by atoms with Gasteiger partial charge in [-0.3, -0.25) is 0 Å². The molecule has 0 saturated carbocycles. The molecule has 2 heterocycles. The van der Waals surface area contributed by atoms with Crippen molar-refractivity contribution < 1.29 is 9.90 Å². The summed E-state index contributed by atoms with van der Waals surface area (Å²) in [5.41, 5.74) is 0. The number of hydrogen-bond donors (Lipinski definition) is 1. The number of carboxylic acids is 1. The molecule has 1 fully saturated rings. The Balaban J connectivity index is 2.27. The summed E-state index contributed by atoms with van der Waals surface area (Å²) >= 11 is 0. The number of carboxylic acid groups (broad SMARTS) is 1. The molecule has 0 unspecified atom stereocenters. The van der Waals surface area contributed by atoms with Gasteiger partial charge in [0.2, 0.25) is 0 Å². The molecule has 1 aliphatic rings. The van der Waals surface area contributed by atoms with E-state index in [-0.39, 0.29) is 5.92 Å². The number of carbonyl (C=O) groups is 1. The van der Waals surface area contributed by atoms with E-state index in [1.54, 1.807) is 12.3 Å². The fraction of sp³-hybridized carbons (Fsp3) is 0.583. The van der Waals surface area contributed by atoms with Crippen molar-refractivity contribution in [1.82, 2.24) is 9.97 Å². The number of rotatable bonds is 3. The summed E-state index contributed by atoms with van der Waals surface area (Å²) < 4.78 is 0. The number of anilines is 1. The third-order valence-corrected chi connectivity index (χ3v) is 3.01. The summed E-state index contributed by atoms with van der Waals surface area (Å²) in [6.07, 6.45) is 3.29. The van der Waals surface area contributed by atoms with Crippen LogP contribution in [0.3, 0.4) is 0 Å². The first kappa shape index (κ1) is 11.8. The van der Waals surface area contributed by atoms with Gasteiger partial charge in [0.25, 0.3) is 0 Å². The minimum Gasteiger partial charge on any atom is -0.480 e. The van der Waals surface area contributed by atoms with Gasteiger partial charge in [0.05, 0.1) is 0 Å². The van der Waals surface area contributed by atoms with Crippen LogP contribution in [0.2, 0.25) is 0 Å². The van der Waals surface area contributed by atoms with Gasteiger partial charge in [0.15, 0.2) is 0 Å². The molecule has 1 aliphatic heterocycles. The fourth-order valence-electron chi connectivity index (χ4n) is 2.10. The van der Waals surface area contributed by atoms with Crippen LogP contribution in [-0.4, -0.2) is 33.6 Å². The van der Waals surface area contributed by atoms with Crippen LogP contribution in [0, 0.1) is 0 Å². The smallest absolute Gasteiger partial charge is 0.326 e. The SMILES string of the molecule is CC(C)c1nccc(N2CCC[C@@H]2C(=O)O)n1. The first-order valence-corrected chi connectivity index (χ1v) is 5.92. The molecule has 5 nitrogen and oxygen atoms in total. The summed E-state index contributed by atoms with van der Waals surface area (Å²) in [7, 11) is 0. The molecular weight excluding hydrogens is 218 g/mol. The quantitative estimate of drug-likeness (QED) is 0.863. The molecule has 92 valence electrons. The molecule has 0 bridgehead atoms. The van der Waals surface area contributed by atoms with Gasteiger partial charge < -0.3 is 10.0 Å². The lowest BCUT2D eigenvalue weighted by Crippen LogP contribution is -2.36. The van der Waals surface area contributed by atoms with Gasteiger partial charge in [0.1, 0.15) is 17.7 Å². The van der Waals surface area contributed by atoms with Gasteiger partial charge in [-0.25, -0.2) is 14.8 Å². The standard InChI is InChI=1S/C12H17N3O2/c1-8(2)11-13-6-5-10(14-11)15-7-3-4-9(15)12(16)17/h5-6,8-9H,3-4,7H2,1-2H3,(H,16,17)/t9-/m1/s1. The van der Waals surface area contributed by atoms with E-state index in [1.807, 2.05) is 18.7 Å². The Morgan fingerprint density at radius 3 is 3.00 bits per heavy atom. The van der Waals surface area contributed by atoms with Crippen molar-refractivity contribution in [3.8, 4) is 0 Å². The summed E-state index contributed by atoms with van der Waals surface area (Å²) in [4.78, 5) is 21.6. The van der Waals surface area contributed by atoms with Crippen molar-refractivity contribution in [3.05, 3.63) is 18.1 Å². The van der Waals surface area contributed by atoms with E-state index in [4.69, 9.17) is 5.11 Å². The minimum atomic E-state index is -0.771. The first-order valence-electron chi connectivity index (χ1n) is 5.92. The van der Waals surface area contributed by atoms with Crippen molar-refractivity contribution in [3.63, 3.8) is 0 Å². The number of aromatic nitrogens is 2. The molecule has 0 radical (unpaired) electrons. The van der Waals surface area contributed by atoms with Gasteiger partial charge in [0, 0.05) is 18.7 Å². The van der Waals surface area contributed by atoms with Crippen LogP contribution < -0.4 is 4.90 Å². The average molecular weight is 235 g/mol. The Morgan fingerprint density at radius 2 is 2.35 bits per heavy atom. The van der Waals surface area contributed by atoms with Crippen molar-refractivity contribution >= 4 is 11.8 Å². The van der Waals surface area contributed by atoms with Crippen LogP contribution in [0.25, 0.3) is 0 Å². The van der Waals surface area contributed by atoms with E-state index in [9.17, 15) is 4.79 Å². The molecule has 1 aromatic heterocycles. The molecular formula is C12H17N3O2. The van der Waals surface area contributed by atoms with E-state index in [1.165, 1.54) is 0 Å². The normalized spacial score (nSPS) is 19.9. The van der Waals surface area contributed by atoms with Gasteiger partial charge in [-0.2, -0.15) is 0 Å². The van der Waals surface area contributed by atoms with Crippen LogP contribution in [0.4, 0.5) is 5.82 Å². The molecule has 5 heteroatoms. The second-order valence-electron chi connectivity index (χ2n) is 4.62. The highest BCUT2D eigenvalue weighted by atomic mass is 16.4. The molecule has 1 N–H and O–H groups in total. The number of nitrogens with zero attached hydrogens (tertiary/aromatic N) is 3. The van der Waals surface area contributed by atoms with Crippen molar-refractivity contribution in [2.75, 3.05) is 11.4 Å². The average Bonchev–Trinajstić information content (AvgIpc) is 2.78. The van der Waals surface area contributed by atoms with E-state index in [2.05, 4.69) is 9.97 Å². The van der Waals surface area contributed by atoms with Gasteiger partial charge >= 0.3 is 5.97 Å². The Bertz CT molecular complexity index is 420. The molecule has 1 aromatic rings. The molecule has 0 aliphatic carbocycles. The molecule has 0 spiro atoms. The Kier molecular flexibility index (Phi) is 3.26. The minimum absolute atomic E-state index is 0.251. The number of aliphatic carboxylic acids is 1. The van der Waals surface area contributed by atoms with Crippen LogP contribution >= 0.6 is 0 Å². The lowest BCUT2D eigenvalue weighted by molar-refractivity contribution is -0.138. The second-order valence-corrected chi connectivity index (χ2v) is 4.62. The molecule has 1 saturated heterocycles. The maximum absolute atomic E-state index is 11.1. The zero-order chi connectivity index (χ0) is 12.4. The van der Waals surface area contributed by atoms with Gasteiger partial charge in [-0.1, -0.05) is 13.8 Å². The number of hydrogen-bond acceptors (Lipinski definition) is 4. The zero-order valence-electron chi connectivity index (χ0n) is 10.1. The molecule has 1 atom stereocenters. The lowest BCUT2D eigenvalue weighted by Gasteiger charge is -2.22. The van der Waals surface area contributed by atoms with E-state index in [0.717, 1.165) is 24.6 Å². The van der Waals surface area contributed by atoms with Gasteiger partial charge in [-0.15, -0.1) is 0 Å². The monoisotopic (exact) mass is 235 g/mol. The van der Waals surface area contributed by atoms with Crippen molar-refractivity contribution in [2.45, 2.75) is 38.6 Å². The maximum Gasteiger partial charge on any atom is 0.326 e. The summed E-state index contributed by atoms with van der Waals surface area (Å²) in [6.45, 7) is 4.81. The van der Waals surface area contributed by atoms with E-state index < -0.39 is 12.0 Å². The molecule has 17 heavy (non-hydrogen) atoms. The Hall–Kier alpha value is -1.65. The predicted molar refractivity (Wildman–Crippen MR) is 64.1 cm³/mol. The summed E-state index contributed by atoms with van der Waals surface area (Å²) in [6, 6.07) is 1.34. The Morgan fingerprint density at radius 1 is 1.59 bits per heavy atom. The van der Waals surface area contributed by atoms with Crippen LogP contribution in [0.5, 0.6) is 0 Å². The van der Waals surface area contributed by atoms with Crippen molar-refractivity contribution in [1.29, 1.82) is 0 Å². The van der Waals surface area contributed by atoms with E-state index in [0.29, 0.717) is 6.42 Å². The highest BCUT2D eigenvalue weighted by Crippen LogP contribution is 2.24. The third-order valence-electron chi connectivity index (χ3n) is 3.01. The summed E-state index contributed by atoms with van der Waals surface area (Å²) in [5.74, 6) is 0.972. The van der Waals surface area contributed by atoms with Crippen LogP contribution in [0.1, 0.15) is 38.4 Å². The zero-order valence-corrected chi connectivity index (χ0v) is 10.1. The topological polar surface area (TPSA) is 66.3 Å². The van der Waals surface area contributed by atoms with Crippen LogP contribution in [-0.2, 0) is 4.79 Å². The van der Waals surface area contributed by atoms with E-state index >= 15 is 0 Å². The van der Waals surface area contributed by atoms with Gasteiger partial charge in [-0.05, 0) is 18.9 Å². The molecule has 2 rings (SSSR count). The predicted octanol–water partition coefficient (Wildman–Crippen LogP) is 1.65. The molecule has 0 amide bonds. The highest BCUT2D eigenvalue weighted by molar-refractivity contribution is 5.78. The molecule has 0 aromatic carbocycles. The second kappa shape index (κ2) is 4.69. The maximum atomic E-state index is 11.1. The van der Waals surface area contributed by atoms with Crippen LogP contribution in [0.15, 0.2) is 12.3 Å². The largest absolute Gasteiger partial charge is 0.480 e.